The van der Waals surface area contributed by atoms with Crippen LogP contribution in [-0.4, -0.2) is 59.7 Å². The molecule has 484 valence electrons. The summed E-state index contributed by atoms with van der Waals surface area (Å²) in [6.45, 7) is -0.245. The molecule has 0 bridgehead atoms. The maximum Gasteiger partial charge on any atom is 0.250 e. The molecule has 13 heteroatoms. The van der Waals surface area contributed by atoms with Gasteiger partial charge in [0.2, 0.25) is 11.9 Å². The van der Waals surface area contributed by atoms with Crippen LogP contribution in [-0.2, 0) is 0 Å². The van der Waals surface area contributed by atoms with Gasteiger partial charge in [-0.25, -0.2) is 9.97 Å². The third-order valence-electron chi connectivity index (χ3n) is 23.1. The highest BCUT2D eigenvalue weighted by Gasteiger charge is 2.58. The van der Waals surface area contributed by atoms with E-state index in [1.807, 2.05) is 0 Å². The van der Waals surface area contributed by atoms with E-state index in [-0.39, 0.29) is 13.4 Å². The number of nitrogens with zero attached hydrogens (tertiary/aromatic N) is 8. The largest absolute Gasteiger partial charge is 0.458 e. The van der Waals surface area contributed by atoms with Gasteiger partial charge in [0.05, 0.1) is 55.5 Å². The SMILES string of the molecule is c1ccc2c(c1)B1c3ccc(-c4cc(-n5c6ccccc6c6ccccc65)nc(-n5c6ccccc6c6ccccc65)n4)cc3Oc3cccc(c31)[Si]21c2ccccc2B2c3ccc(-c4cc(-n5c6ccccc6c6ccccc65)nc(-n5c6ccccc6c6ccccc65)n4)cc3Oc3cccc1c32. The molecule has 0 radical (unpaired) electrons. The van der Waals surface area contributed by atoms with Gasteiger partial charge in [-0.2, -0.15) is 9.97 Å². The Morgan fingerprint density at radius 2 is 0.533 bits per heavy atom. The lowest BCUT2D eigenvalue weighted by Gasteiger charge is -2.49. The molecule has 0 saturated heterocycles. The second-order valence-corrected chi connectivity index (χ2v) is 31.9. The van der Waals surface area contributed by atoms with Crippen molar-refractivity contribution in [2.45, 2.75) is 0 Å². The van der Waals surface area contributed by atoms with Gasteiger partial charge in [0.1, 0.15) is 34.6 Å². The number of ether oxygens (including phenoxy) is 2. The summed E-state index contributed by atoms with van der Waals surface area (Å²) in [5.41, 5.74) is 19.2. The lowest BCUT2D eigenvalue weighted by molar-refractivity contribution is 0.488. The first-order valence-electron chi connectivity index (χ1n) is 35.9. The highest BCUT2D eigenvalue weighted by atomic mass is 28.3. The molecule has 0 atom stereocenters. The van der Waals surface area contributed by atoms with Gasteiger partial charge in [-0.15, -0.1) is 0 Å². The van der Waals surface area contributed by atoms with Crippen LogP contribution in [0.3, 0.4) is 0 Å². The van der Waals surface area contributed by atoms with E-state index in [0.29, 0.717) is 11.9 Å². The normalized spacial score (nSPS) is 13.5. The van der Waals surface area contributed by atoms with Gasteiger partial charge in [0.15, 0.2) is 8.07 Å². The molecule has 0 aliphatic carbocycles. The van der Waals surface area contributed by atoms with Gasteiger partial charge in [-0.3, -0.25) is 18.3 Å². The van der Waals surface area contributed by atoms with E-state index in [9.17, 15) is 0 Å². The standard InChI is InChI=1S/C92H54B2N8O2Si/c1-11-33-71-57(23-1)58-24-2-12-34-72(58)99(71)87-53-69(95-91(97-87)101-75-37-15-5-27-61(75)62-28-6-16-38-76(62)101)55-47-49-65-81(51-55)103-79-41-21-45-85-89(79)93(65)67-31-9-19-43-83(67)105(85)84-44-20-10-32-68(84)94-66-50-48-56(52-82(66)104-80-42-22-46-86(105)90(80)94)70-54-88(100-73-35-13-3-25-59(73)60-26-4-14-36-74(60)100)98-92(96-70)102-77-39-17-7-29-63(77)64-30-8-18-40-78(64)102/h1-54H. The average molecular weight is 1350 g/mol. The average Bonchev–Trinajstić information content (AvgIpc) is 1.54. The second-order valence-electron chi connectivity index (χ2n) is 28.2. The van der Waals surface area contributed by atoms with Gasteiger partial charge in [-0.1, -0.05) is 254 Å². The Labute approximate surface area is 602 Å². The minimum absolute atomic E-state index is 0.123. The van der Waals surface area contributed by atoms with Crippen molar-refractivity contribution < 1.29 is 9.47 Å². The lowest BCUT2D eigenvalue weighted by Crippen LogP contribution is -2.93. The predicted molar refractivity (Wildman–Crippen MR) is 432 cm³/mol. The molecule has 14 aromatic carbocycles. The Kier molecular flexibility index (Phi) is 11.5. The van der Waals surface area contributed by atoms with Gasteiger partial charge in [0.25, 0.3) is 13.4 Å². The number of benzene rings is 14. The Morgan fingerprint density at radius 3 is 0.876 bits per heavy atom. The van der Waals surface area contributed by atoms with Crippen LogP contribution in [0.1, 0.15) is 0 Å². The van der Waals surface area contributed by atoms with Gasteiger partial charge < -0.3 is 9.47 Å². The summed E-state index contributed by atoms with van der Waals surface area (Å²) in [5, 5.41) is 14.7. The molecule has 10 nitrogen and oxygen atoms in total. The maximum atomic E-state index is 7.48. The smallest absolute Gasteiger partial charge is 0.250 e. The molecular formula is C92H54B2N8O2Si. The van der Waals surface area contributed by atoms with E-state index in [0.717, 1.165) is 134 Å². The fourth-order valence-corrected chi connectivity index (χ4v) is 24.8. The number of aromatic nitrogens is 8. The number of hydrogen-bond acceptors (Lipinski definition) is 6. The third-order valence-corrected chi connectivity index (χ3v) is 28.1. The van der Waals surface area contributed by atoms with Crippen molar-refractivity contribution in [2.75, 3.05) is 0 Å². The van der Waals surface area contributed by atoms with Crippen LogP contribution < -0.4 is 63.0 Å². The summed E-state index contributed by atoms with van der Waals surface area (Å²) in [4.78, 5) is 22.3. The predicted octanol–water partition coefficient (Wildman–Crippen LogP) is 14.2. The molecule has 0 amide bonds. The highest BCUT2D eigenvalue weighted by Crippen LogP contribution is 2.41. The number of fused-ring (bicyclic) bond motifs is 24. The van der Waals surface area contributed by atoms with E-state index in [4.69, 9.17) is 29.4 Å². The Hall–Kier alpha value is -13.6. The first kappa shape index (κ1) is 57.1. The van der Waals surface area contributed by atoms with E-state index in [1.165, 1.54) is 64.1 Å². The number of para-hydroxylation sites is 8. The quantitative estimate of drug-likeness (QED) is 0.154. The second kappa shape index (κ2) is 21.2. The first-order valence-corrected chi connectivity index (χ1v) is 37.9. The fourth-order valence-electron chi connectivity index (χ4n) is 19.0. The molecule has 6 aromatic heterocycles. The van der Waals surface area contributed by atoms with Crippen LogP contribution in [0.5, 0.6) is 23.0 Å². The summed E-state index contributed by atoms with van der Waals surface area (Å²) in [5.74, 6) is 6.07. The molecule has 105 heavy (non-hydrogen) atoms. The molecule has 0 N–H and O–H groups in total. The van der Waals surface area contributed by atoms with E-state index in [2.05, 4.69) is 346 Å². The summed E-state index contributed by atoms with van der Waals surface area (Å²) in [7, 11) is -3.22. The summed E-state index contributed by atoms with van der Waals surface area (Å²) >= 11 is 0. The molecule has 0 saturated carbocycles. The van der Waals surface area contributed by atoms with E-state index in [1.54, 1.807) is 0 Å². The molecular weight excluding hydrogens is 1300 g/mol. The van der Waals surface area contributed by atoms with Crippen molar-refractivity contribution in [3.63, 3.8) is 0 Å². The molecule has 24 rings (SSSR count). The Balaban J connectivity index is 0.657. The van der Waals surface area contributed by atoms with Crippen LogP contribution in [0.4, 0.5) is 0 Å². The van der Waals surface area contributed by atoms with E-state index < -0.39 is 8.07 Å². The molecule has 1 spiro atoms. The zero-order valence-corrected chi connectivity index (χ0v) is 57.2. The van der Waals surface area contributed by atoms with Crippen LogP contribution in [0.15, 0.2) is 328 Å². The molecule has 0 unspecified atom stereocenters. The molecule has 10 heterocycles. The van der Waals surface area contributed by atoms with Gasteiger partial charge >= 0.3 is 0 Å². The third kappa shape index (κ3) is 7.72. The fraction of sp³-hybridized carbons (Fsp3) is 0. The van der Waals surface area contributed by atoms with Gasteiger partial charge in [0, 0.05) is 66.3 Å². The van der Waals surface area contributed by atoms with Crippen molar-refractivity contribution in [1.82, 2.24) is 38.2 Å². The monoisotopic (exact) mass is 1350 g/mol. The van der Waals surface area contributed by atoms with E-state index >= 15 is 0 Å². The summed E-state index contributed by atoms with van der Waals surface area (Å²) in [6, 6.07) is 119. The van der Waals surface area contributed by atoms with Crippen molar-refractivity contribution >= 4 is 162 Å². The minimum Gasteiger partial charge on any atom is -0.458 e. The molecule has 4 aliphatic heterocycles. The Morgan fingerprint density at radius 1 is 0.238 bits per heavy atom. The molecule has 4 aliphatic rings. The minimum atomic E-state index is -3.22. The van der Waals surface area contributed by atoms with Crippen LogP contribution in [0, 0.1) is 0 Å². The molecule has 0 fully saturated rings. The topological polar surface area (TPSA) is 89.7 Å². The van der Waals surface area contributed by atoms with Crippen molar-refractivity contribution in [1.29, 1.82) is 0 Å². The maximum absolute atomic E-state index is 7.48. The zero-order chi connectivity index (χ0) is 68.3. The summed E-state index contributed by atoms with van der Waals surface area (Å²) < 4.78 is 24.0. The van der Waals surface area contributed by atoms with Crippen LogP contribution in [0.25, 0.3) is 133 Å². The van der Waals surface area contributed by atoms with Crippen molar-refractivity contribution in [3.8, 4) is 69.0 Å². The molecule has 20 aromatic rings. The first-order chi connectivity index (χ1) is 52.1. The number of hydrogen-bond donors (Lipinski definition) is 0. The van der Waals surface area contributed by atoms with Crippen molar-refractivity contribution in [3.05, 3.63) is 328 Å². The lowest BCUT2D eigenvalue weighted by atomic mass is 9.35. The van der Waals surface area contributed by atoms with Crippen molar-refractivity contribution in [2.24, 2.45) is 0 Å². The zero-order valence-electron chi connectivity index (χ0n) is 56.2. The van der Waals surface area contributed by atoms with Crippen LogP contribution >= 0.6 is 0 Å². The Bertz CT molecular complexity index is 6350. The van der Waals surface area contributed by atoms with Crippen LogP contribution in [0.2, 0.25) is 0 Å². The highest BCUT2D eigenvalue weighted by molar-refractivity contribution is 7.31. The van der Waals surface area contributed by atoms with Gasteiger partial charge in [-0.05, 0) is 115 Å². The summed E-state index contributed by atoms with van der Waals surface area (Å²) in [6.07, 6.45) is 0. The number of rotatable bonds is 6.